The molecule has 2 heterocycles. The first-order valence-corrected chi connectivity index (χ1v) is 10.4. The quantitative estimate of drug-likeness (QED) is 0.264. The standard InChI is InChI=1S/C21H22BrN5O4/c1-14-10-18(15(11-16(14)22)21(29)30-2)31-9-4-3-8-27-12-24-26-20(27)17-6-5-7-19(25-17)23-13-28/h5-7,10-13H,3-4,8-9H2,1-2H3,(H,23,25,28). The van der Waals surface area contributed by atoms with Crippen molar-refractivity contribution in [1.82, 2.24) is 19.7 Å². The summed E-state index contributed by atoms with van der Waals surface area (Å²) in [5, 5.41) is 10.6. The number of anilines is 1. The molecule has 0 aliphatic rings. The third kappa shape index (κ3) is 5.66. The van der Waals surface area contributed by atoms with Crippen LogP contribution in [0.25, 0.3) is 11.5 Å². The number of pyridine rings is 1. The molecule has 9 nitrogen and oxygen atoms in total. The third-order valence-electron chi connectivity index (χ3n) is 4.52. The molecule has 3 aromatic rings. The largest absolute Gasteiger partial charge is 0.493 e. The number of hydrogen-bond donors (Lipinski definition) is 1. The van der Waals surface area contributed by atoms with Crippen molar-refractivity contribution in [1.29, 1.82) is 0 Å². The second kappa shape index (κ2) is 10.7. The van der Waals surface area contributed by atoms with Crippen LogP contribution in [0.2, 0.25) is 0 Å². The summed E-state index contributed by atoms with van der Waals surface area (Å²) in [5.41, 5.74) is 1.97. The van der Waals surface area contributed by atoms with E-state index in [1.54, 1.807) is 24.5 Å². The van der Waals surface area contributed by atoms with Gasteiger partial charge in [0, 0.05) is 11.0 Å². The maximum Gasteiger partial charge on any atom is 0.341 e. The molecule has 3 rings (SSSR count). The van der Waals surface area contributed by atoms with E-state index in [2.05, 4.69) is 36.4 Å². The monoisotopic (exact) mass is 487 g/mol. The number of aromatic nitrogens is 4. The maximum absolute atomic E-state index is 12.0. The zero-order chi connectivity index (χ0) is 22.2. The number of carbonyl (C=O) groups is 2. The number of rotatable bonds is 10. The fourth-order valence-electron chi connectivity index (χ4n) is 2.93. The van der Waals surface area contributed by atoms with Crippen molar-refractivity contribution >= 4 is 34.1 Å². The van der Waals surface area contributed by atoms with E-state index < -0.39 is 5.97 Å². The fraction of sp³-hybridized carbons (Fsp3) is 0.286. The van der Waals surface area contributed by atoms with Crippen LogP contribution in [0.4, 0.5) is 5.82 Å². The summed E-state index contributed by atoms with van der Waals surface area (Å²) in [7, 11) is 1.34. The lowest BCUT2D eigenvalue weighted by molar-refractivity contribution is -0.105. The smallest absolute Gasteiger partial charge is 0.341 e. The number of aryl methyl sites for hydroxylation is 2. The van der Waals surface area contributed by atoms with Crippen molar-refractivity contribution in [2.75, 3.05) is 19.0 Å². The molecule has 0 radical (unpaired) electrons. The van der Waals surface area contributed by atoms with Crippen molar-refractivity contribution in [2.24, 2.45) is 0 Å². The molecule has 1 amide bonds. The van der Waals surface area contributed by atoms with E-state index in [1.807, 2.05) is 23.6 Å². The Balaban J connectivity index is 1.58. The van der Waals surface area contributed by atoms with Crippen molar-refractivity contribution in [3.8, 4) is 17.3 Å². The molecule has 0 bridgehead atoms. The molecule has 0 saturated carbocycles. The van der Waals surface area contributed by atoms with Gasteiger partial charge in [0.05, 0.1) is 13.7 Å². The van der Waals surface area contributed by atoms with Crippen molar-refractivity contribution in [3.63, 3.8) is 0 Å². The highest BCUT2D eigenvalue weighted by atomic mass is 79.9. The highest BCUT2D eigenvalue weighted by Crippen LogP contribution is 2.28. The van der Waals surface area contributed by atoms with Gasteiger partial charge < -0.3 is 19.4 Å². The van der Waals surface area contributed by atoms with Crippen molar-refractivity contribution < 1.29 is 19.1 Å². The normalized spacial score (nSPS) is 10.5. The van der Waals surface area contributed by atoms with Gasteiger partial charge in [-0.1, -0.05) is 22.0 Å². The third-order valence-corrected chi connectivity index (χ3v) is 5.37. The van der Waals surface area contributed by atoms with Gasteiger partial charge in [0.25, 0.3) is 0 Å². The van der Waals surface area contributed by atoms with Crippen LogP contribution < -0.4 is 10.1 Å². The van der Waals surface area contributed by atoms with Gasteiger partial charge in [-0.15, -0.1) is 10.2 Å². The van der Waals surface area contributed by atoms with E-state index in [-0.39, 0.29) is 0 Å². The molecule has 1 N–H and O–H groups in total. The lowest BCUT2D eigenvalue weighted by atomic mass is 10.1. The van der Waals surface area contributed by atoms with Crippen LogP contribution in [0.1, 0.15) is 28.8 Å². The topological polar surface area (TPSA) is 108 Å². The van der Waals surface area contributed by atoms with E-state index in [9.17, 15) is 9.59 Å². The summed E-state index contributed by atoms with van der Waals surface area (Å²) in [4.78, 5) is 27.0. The van der Waals surface area contributed by atoms with Gasteiger partial charge in [0.1, 0.15) is 29.2 Å². The zero-order valence-electron chi connectivity index (χ0n) is 17.2. The molecule has 0 aliphatic heterocycles. The molecule has 0 fully saturated rings. The molecular weight excluding hydrogens is 466 g/mol. The Morgan fingerprint density at radius 1 is 1.29 bits per heavy atom. The number of ether oxygens (including phenoxy) is 2. The minimum Gasteiger partial charge on any atom is -0.493 e. The molecule has 2 aromatic heterocycles. The first-order chi connectivity index (χ1) is 15.0. The second-order valence-corrected chi connectivity index (χ2v) is 7.52. The Morgan fingerprint density at radius 3 is 2.90 bits per heavy atom. The number of nitrogens with zero attached hydrogens (tertiary/aromatic N) is 4. The van der Waals surface area contributed by atoms with Gasteiger partial charge in [-0.2, -0.15) is 0 Å². The molecule has 0 aliphatic carbocycles. The Hall–Kier alpha value is -3.27. The van der Waals surface area contributed by atoms with Crippen LogP contribution in [0, 0.1) is 6.92 Å². The predicted molar refractivity (Wildman–Crippen MR) is 118 cm³/mol. The van der Waals surface area contributed by atoms with Gasteiger partial charge in [-0.05, 0) is 49.6 Å². The molecule has 31 heavy (non-hydrogen) atoms. The summed E-state index contributed by atoms with van der Waals surface area (Å²) in [5.74, 6) is 1.12. The Morgan fingerprint density at radius 2 is 2.13 bits per heavy atom. The molecule has 162 valence electrons. The number of methoxy groups -OCH3 is 1. The fourth-order valence-corrected chi connectivity index (χ4v) is 3.27. The maximum atomic E-state index is 12.0. The molecule has 0 spiro atoms. The van der Waals surface area contributed by atoms with Crippen molar-refractivity contribution in [3.05, 3.63) is 52.3 Å². The van der Waals surface area contributed by atoms with Gasteiger partial charge in [0.2, 0.25) is 6.41 Å². The van der Waals surface area contributed by atoms with E-state index in [0.29, 0.717) is 48.2 Å². The highest BCUT2D eigenvalue weighted by Gasteiger charge is 2.15. The number of carbonyl (C=O) groups excluding carboxylic acids is 2. The first-order valence-electron chi connectivity index (χ1n) is 9.60. The summed E-state index contributed by atoms with van der Waals surface area (Å²) in [6.45, 7) is 3.04. The van der Waals surface area contributed by atoms with E-state index >= 15 is 0 Å². The predicted octanol–water partition coefficient (Wildman–Crippen LogP) is 3.63. The van der Waals surface area contributed by atoms with E-state index in [0.717, 1.165) is 22.9 Å². The van der Waals surface area contributed by atoms with Crippen LogP contribution in [-0.4, -0.2) is 45.8 Å². The Labute approximate surface area is 187 Å². The second-order valence-electron chi connectivity index (χ2n) is 6.66. The summed E-state index contributed by atoms with van der Waals surface area (Å²) in [6.07, 6.45) is 3.79. The molecular formula is C21H22BrN5O4. The number of benzene rings is 1. The number of unbranched alkanes of at least 4 members (excludes halogenated alkanes) is 1. The molecule has 10 heteroatoms. The molecule has 0 atom stereocenters. The number of amides is 1. The number of halogens is 1. The number of esters is 1. The number of hydrogen-bond acceptors (Lipinski definition) is 7. The minimum absolute atomic E-state index is 0.385. The van der Waals surface area contributed by atoms with Crippen LogP contribution in [0.3, 0.4) is 0 Å². The van der Waals surface area contributed by atoms with Gasteiger partial charge in [-0.3, -0.25) is 4.79 Å². The average Bonchev–Trinajstić information content (AvgIpc) is 3.24. The lowest BCUT2D eigenvalue weighted by Crippen LogP contribution is -2.08. The summed E-state index contributed by atoms with van der Waals surface area (Å²) >= 11 is 3.43. The van der Waals surface area contributed by atoms with Gasteiger partial charge in [0.15, 0.2) is 5.82 Å². The molecule has 0 unspecified atom stereocenters. The average molecular weight is 488 g/mol. The van der Waals surface area contributed by atoms with E-state index in [4.69, 9.17) is 9.47 Å². The van der Waals surface area contributed by atoms with Crippen LogP contribution in [0.5, 0.6) is 5.75 Å². The highest BCUT2D eigenvalue weighted by molar-refractivity contribution is 9.10. The SMILES string of the molecule is COC(=O)c1cc(Br)c(C)cc1OCCCCn1cnnc1-c1cccc(NC=O)n1. The molecule has 0 saturated heterocycles. The first kappa shape index (κ1) is 22.4. The van der Waals surface area contributed by atoms with E-state index in [1.165, 1.54) is 7.11 Å². The van der Waals surface area contributed by atoms with Gasteiger partial charge in [-0.25, -0.2) is 9.78 Å². The number of nitrogens with one attached hydrogen (secondary N) is 1. The molecule has 1 aromatic carbocycles. The van der Waals surface area contributed by atoms with Gasteiger partial charge >= 0.3 is 5.97 Å². The zero-order valence-corrected chi connectivity index (χ0v) is 18.8. The summed E-state index contributed by atoms with van der Waals surface area (Å²) in [6, 6.07) is 8.83. The van der Waals surface area contributed by atoms with Crippen LogP contribution >= 0.6 is 15.9 Å². The summed E-state index contributed by atoms with van der Waals surface area (Å²) < 4.78 is 13.4. The Bertz CT molecular complexity index is 1070. The van der Waals surface area contributed by atoms with Crippen molar-refractivity contribution in [2.45, 2.75) is 26.3 Å². The lowest BCUT2D eigenvalue weighted by Gasteiger charge is -2.13. The Kier molecular flexibility index (Phi) is 7.71. The minimum atomic E-state index is -0.441. The van der Waals surface area contributed by atoms with Crippen LogP contribution in [-0.2, 0) is 16.1 Å². The van der Waals surface area contributed by atoms with Crippen LogP contribution in [0.15, 0.2) is 41.1 Å².